The van der Waals surface area contributed by atoms with Crippen LogP contribution in [0.25, 0.3) is 0 Å². The minimum atomic E-state index is 0.0160. The molecule has 3 heteroatoms. The van der Waals surface area contributed by atoms with E-state index in [0.29, 0.717) is 10.7 Å². The summed E-state index contributed by atoms with van der Waals surface area (Å²) in [6.07, 6.45) is 0.0160. The monoisotopic (exact) mass is 185 g/mol. The first-order valence-corrected chi connectivity index (χ1v) is 4.10. The predicted octanol–water partition coefficient (Wildman–Crippen LogP) is 2.63. The Balaban J connectivity index is 3.01. The van der Waals surface area contributed by atoms with Gasteiger partial charge in [-0.15, -0.1) is 0 Å². The fourth-order valence-electron chi connectivity index (χ4n) is 1.04. The van der Waals surface area contributed by atoms with E-state index in [2.05, 4.69) is 0 Å². The number of benzene rings is 1. The van der Waals surface area contributed by atoms with Crippen LogP contribution in [0.15, 0.2) is 18.2 Å². The van der Waals surface area contributed by atoms with Gasteiger partial charge in [0, 0.05) is 23.4 Å². The van der Waals surface area contributed by atoms with Crippen LogP contribution in [0.5, 0.6) is 0 Å². The number of ether oxygens (including phenoxy) is 1. The summed E-state index contributed by atoms with van der Waals surface area (Å²) in [4.78, 5) is 0. The van der Waals surface area contributed by atoms with Gasteiger partial charge in [0.2, 0.25) is 0 Å². The highest BCUT2D eigenvalue weighted by Gasteiger charge is 2.07. The van der Waals surface area contributed by atoms with Gasteiger partial charge in [-0.05, 0) is 19.1 Å². The van der Waals surface area contributed by atoms with Crippen molar-refractivity contribution < 1.29 is 4.74 Å². The number of methoxy groups -OCH3 is 1. The van der Waals surface area contributed by atoms with Gasteiger partial charge in [-0.3, -0.25) is 0 Å². The molecular weight excluding hydrogens is 174 g/mol. The topological polar surface area (TPSA) is 35.2 Å². The van der Waals surface area contributed by atoms with E-state index in [4.69, 9.17) is 22.1 Å². The first-order valence-electron chi connectivity index (χ1n) is 3.73. The van der Waals surface area contributed by atoms with Crippen molar-refractivity contribution in [2.24, 2.45) is 0 Å². The zero-order valence-corrected chi connectivity index (χ0v) is 7.93. The van der Waals surface area contributed by atoms with Crippen molar-refractivity contribution in [1.82, 2.24) is 0 Å². The van der Waals surface area contributed by atoms with Crippen LogP contribution in [0, 0.1) is 0 Å². The smallest absolute Gasteiger partial charge is 0.0812 e. The Bertz CT molecular complexity index is 275. The Morgan fingerprint density at radius 1 is 1.50 bits per heavy atom. The van der Waals surface area contributed by atoms with Crippen LogP contribution in [-0.2, 0) is 4.74 Å². The quantitative estimate of drug-likeness (QED) is 0.719. The molecule has 0 unspecified atom stereocenters. The molecule has 0 aliphatic heterocycles. The highest BCUT2D eigenvalue weighted by atomic mass is 35.5. The highest BCUT2D eigenvalue weighted by Crippen LogP contribution is 2.25. The molecule has 12 heavy (non-hydrogen) atoms. The standard InChI is InChI=1S/C9H12ClNO/c1-6(12-2)8-4-3-7(10)5-9(8)11/h3-6H,11H2,1-2H3/t6-/m0/s1. The predicted molar refractivity (Wildman–Crippen MR) is 51.3 cm³/mol. The van der Waals surface area contributed by atoms with Crippen molar-refractivity contribution in [1.29, 1.82) is 0 Å². The number of hydrogen-bond donors (Lipinski definition) is 1. The van der Waals surface area contributed by atoms with Gasteiger partial charge < -0.3 is 10.5 Å². The van der Waals surface area contributed by atoms with Crippen LogP contribution in [0.3, 0.4) is 0 Å². The molecule has 0 spiro atoms. The third-order valence-corrected chi connectivity index (χ3v) is 2.08. The third kappa shape index (κ3) is 1.90. The van der Waals surface area contributed by atoms with Crippen LogP contribution in [0.4, 0.5) is 5.69 Å². The highest BCUT2D eigenvalue weighted by molar-refractivity contribution is 6.30. The molecule has 2 nitrogen and oxygen atoms in total. The molecule has 0 saturated heterocycles. The lowest BCUT2D eigenvalue weighted by Gasteiger charge is -2.12. The van der Waals surface area contributed by atoms with E-state index in [1.165, 1.54) is 0 Å². The van der Waals surface area contributed by atoms with Gasteiger partial charge in [0.25, 0.3) is 0 Å². The van der Waals surface area contributed by atoms with Gasteiger partial charge in [-0.1, -0.05) is 17.7 Å². The maximum absolute atomic E-state index is 5.74. The van der Waals surface area contributed by atoms with Gasteiger partial charge >= 0.3 is 0 Å². The van der Waals surface area contributed by atoms with E-state index in [1.807, 2.05) is 19.1 Å². The molecular formula is C9H12ClNO. The minimum absolute atomic E-state index is 0.0160. The summed E-state index contributed by atoms with van der Waals surface area (Å²) >= 11 is 5.74. The maximum atomic E-state index is 5.74. The van der Waals surface area contributed by atoms with Crippen molar-refractivity contribution in [2.75, 3.05) is 12.8 Å². The number of nitrogen functional groups attached to an aromatic ring is 1. The van der Waals surface area contributed by atoms with Crippen LogP contribution >= 0.6 is 11.6 Å². The summed E-state index contributed by atoms with van der Waals surface area (Å²) in [7, 11) is 1.65. The van der Waals surface area contributed by atoms with E-state index >= 15 is 0 Å². The second kappa shape index (κ2) is 3.78. The Morgan fingerprint density at radius 2 is 2.17 bits per heavy atom. The van der Waals surface area contributed by atoms with E-state index in [0.717, 1.165) is 5.56 Å². The molecule has 1 atom stereocenters. The number of halogens is 1. The molecule has 0 aliphatic carbocycles. The van der Waals surface area contributed by atoms with Gasteiger partial charge in [-0.25, -0.2) is 0 Å². The fourth-order valence-corrected chi connectivity index (χ4v) is 1.22. The zero-order chi connectivity index (χ0) is 9.14. The number of anilines is 1. The average molecular weight is 186 g/mol. The minimum Gasteiger partial charge on any atom is -0.398 e. The molecule has 0 bridgehead atoms. The van der Waals surface area contributed by atoms with Gasteiger partial charge in [0.15, 0.2) is 0 Å². The number of nitrogens with two attached hydrogens (primary N) is 1. The van der Waals surface area contributed by atoms with E-state index in [-0.39, 0.29) is 6.10 Å². The Hall–Kier alpha value is -0.730. The summed E-state index contributed by atoms with van der Waals surface area (Å²) in [5.41, 5.74) is 7.39. The normalized spacial score (nSPS) is 12.9. The third-order valence-electron chi connectivity index (χ3n) is 1.84. The van der Waals surface area contributed by atoms with Gasteiger partial charge in [-0.2, -0.15) is 0 Å². The fraction of sp³-hybridized carbons (Fsp3) is 0.333. The lowest BCUT2D eigenvalue weighted by Crippen LogP contribution is -2.00. The SMILES string of the molecule is CO[C@@H](C)c1ccc(Cl)cc1N. The lowest BCUT2D eigenvalue weighted by molar-refractivity contribution is 0.120. The van der Waals surface area contributed by atoms with Crippen molar-refractivity contribution in [2.45, 2.75) is 13.0 Å². The van der Waals surface area contributed by atoms with E-state index in [1.54, 1.807) is 13.2 Å². The summed E-state index contributed by atoms with van der Waals surface area (Å²) in [6, 6.07) is 5.42. The van der Waals surface area contributed by atoms with Gasteiger partial charge in [0.1, 0.15) is 0 Å². The largest absolute Gasteiger partial charge is 0.398 e. The summed E-state index contributed by atoms with van der Waals surface area (Å²) in [6.45, 7) is 1.94. The summed E-state index contributed by atoms with van der Waals surface area (Å²) in [5.74, 6) is 0. The molecule has 66 valence electrons. The van der Waals surface area contributed by atoms with Crippen molar-refractivity contribution in [3.63, 3.8) is 0 Å². The molecule has 0 amide bonds. The molecule has 1 aromatic rings. The zero-order valence-electron chi connectivity index (χ0n) is 7.17. The second-order valence-electron chi connectivity index (χ2n) is 2.65. The first kappa shape index (κ1) is 9.36. The average Bonchev–Trinajstić information content (AvgIpc) is 2.03. The molecule has 2 N–H and O–H groups in total. The molecule has 0 saturated carbocycles. The molecule has 0 radical (unpaired) electrons. The molecule has 1 aromatic carbocycles. The van der Waals surface area contributed by atoms with Crippen molar-refractivity contribution in [3.05, 3.63) is 28.8 Å². The van der Waals surface area contributed by atoms with E-state index in [9.17, 15) is 0 Å². The molecule has 0 fully saturated rings. The van der Waals surface area contributed by atoms with Crippen molar-refractivity contribution >= 4 is 17.3 Å². The molecule has 0 aromatic heterocycles. The molecule has 1 rings (SSSR count). The van der Waals surface area contributed by atoms with E-state index < -0.39 is 0 Å². The second-order valence-corrected chi connectivity index (χ2v) is 3.09. The van der Waals surface area contributed by atoms with Crippen LogP contribution in [-0.4, -0.2) is 7.11 Å². The lowest BCUT2D eigenvalue weighted by atomic mass is 10.1. The Morgan fingerprint density at radius 3 is 2.67 bits per heavy atom. The summed E-state index contributed by atoms with van der Waals surface area (Å²) in [5, 5.41) is 0.652. The Labute approximate surface area is 77.3 Å². The number of hydrogen-bond acceptors (Lipinski definition) is 2. The van der Waals surface area contributed by atoms with Crippen LogP contribution in [0.1, 0.15) is 18.6 Å². The first-order chi connectivity index (χ1) is 5.65. The number of rotatable bonds is 2. The molecule has 0 aliphatic rings. The maximum Gasteiger partial charge on any atom is 0.0812 e. The molecule has 0 heterocycles. The van der Waals surface area contributed by atoms with Crippen LogP contribution < -0.4 is 5.73 Å². The van der Waals surface area contributed by atoms with Crippen molar-refractivity contribution in [3.8, 4) is 0 Å². The van der Waals surface area contributed by atoms with Crippen LogP contribution in [0.2, 0.25) is 5.02 Å². The van der Waals surface area contributed by atoms with Gasteiger partial charge in [0.05, 0.1) is 6.10 Å². The summed E-state index contributed by atoms with van der Waals surface area (Å²) < 4.78 is 5.13. The Kier molecular flexibility index (Phi) is 2.95.